The average Bonchev–Trinajstić information content (AvgIpc) is 2.54. The molecule has 1 aliphatic heterocycles. The molecule has 13 heavy (non-hydrogen) atoms. The van der Waals surface area contributed by atoms with Crippen LogP contribution in [-0.4, -0.2) is 18.1 Å². The molecule has 0 atom stereocenters. The quantitative estimate of drug-likeness (QED) is 0.818. The molecule has 0 aromatic carbocycles. The average molecular weight is 217 g/mol. The number of nitrogens with one attached hydrogen (secondary N) is 1. The van der Waals surface area contributed by atoms with Gasteiger partial charge in [0.1, 0.15) is 0 Å². The molecule has 1 fully saturated rings. The van der Waals surface area contributed by atoms with Gasteiger partial charge in [-0.15, -0.1) is 11.3 Å². The molecule has 2 rings (SSSR count). The predicted molar refractivity (Wildman–Crippen MR) is 57.0 cm³/mol. The van der Waals surface area contributed by atoms with Gasteiger partial charge in [0, 0.05) is 24.5 Å². The van der Waals surface area contributed by atoms with E-state index in [1.165, 1.54) is 17.7 Å². The summed E-state index contributed by atoms with van der Waals surface area (Å²) in [5, 5.41) is 5.19. The molecule has 0 amide bonds. The lowest BCUT2D eigenvalue weighted by Gasteiger charge is -2.27. The summed E-state index contributed by atoms with van der Waals surface area (Å²) in [6, 6.07) is 1.96. The number of hydrazine groups is 1. The van der Waals surface area contributed by atoms with Gasteiger partial charge in [-0.3, -0.25) is 5.43 Å². The molecule has 0 radical (unpaired) electrons. The molecule has 0 spiro atoms. The van der Waals surface area contributed by atoms with E-state index in [4.69, 9.17) is 11.6 Å². The van der Waals surface area contributed by atoms with Crippen LogP contribution in [0.4, 0.5) is 0 Å². The second kappa shape index (κ2) is 4.42. The molecule has 1 aromatic rings. The van der Waals surface area contributed by atoms with Crippen molar-refractivity contribution in [1.82, 2.24) is 10.4 Å². The zero-order valence-electron chi connectivity index (χ0n) is 7.42. The van der Waals surface area contributed by atoms with E-state index >= 15 is 0 Å². The molecule has 1 saturated heterocycles. The number of thiophene rings is 1. The molecule has 0 aliphatic carbocycles. The van der Waals surface area contributed by atoms with E-state index in [2.05, 4.69) is 10.4 Å². The third-order valence-corrected chi connectivity index (χ3v) is 3.59. The van der Waals surface area contributed by atoms with E-state index in [-0.39, 0.29) is 0 Å². The Labute approximate surface area is 87.5 Å². The zero-order valence-corrected chi connectivity index (χ0v) is 9.00. The summed E-state index contributed by atoms with van der Waals surface area (Å²) < 4.78 is 0. The number of nitrogens with zero attached hydrogens (tertiary/aromatic N) is 1. The van der Waals surface area contributed by atoms with Crippen molar-refractivity contribution in [3.8, 4) is 0 Å². The van der Waals surface area contributed by atoms with E-state index in [0.29, 0.717) is 0 Å². The summed E-state index contributed by atoms with van der Waals surface area (Å²) in [4.78, 5) is 1.26. The van der Waals surface area contributed by atoms with Crippen LogP contribution in [0.25, 0.3) is 0 Å². The highest BCUT2D eigenvalue weighted by Crippen LogP contribution is 2.23. The van der Waals surface area contributed by atoms with Gasteiger partial charge in [-0.2, -0.15) is 0 Å². The number of rotatable bonds is 2. The molecule has 72 valence electrons. The molecule has 2 heterocycles. The Morgan fingerprint density at radius 3 is 3.08 bits per heavy atom. The largest absolute Gasteiger partial charge is 0.255 e. The molecule has 0 saturated carbocycles. The summed E-state index contributed by atoms with van der Waals surface area (Å²) in [6.07, 6.45) is 2.57. The van der Waals surface area contributed by atoms with Crippen LogP contribution in [0.3, 0.4) is 0 Å². The first kappa shape index (κ1) is 9.46. The Morgan fingerprint density at radius 1 is 1.54 bits per heavy atom. The Morgan fingerprint density at radius 2 is 2.46 bits per heavy atom. The van der Waals surface area contributed by atoms with Crippen LogP contribution in [0, 0.1) is 0 Å². The maximum atomic E-state index is 6.01. The highest BCUT2D eigenvalue weighted by molar-refractivity contribution is 7.10. The van der Waals surface area contributed by atoms with Crippen molar-refractivity contribution in [2.75, 3.05) is 13.1 Å². The molecule has 0 unspecified atom stereocenters. The van der Waals surface area contributed by atoms with Gasteiger partial charge in [0.25, 0.3) is 0 Å². The van der Waals surface area contributed by atoms with Crippen LogP contribution in [-0.2, 0) is 6.54 Å². The van der Waals surface area contributed by atoms with Gasteiger partial charge in [0.15, 0.2) is 0 Å². The number of halogens is 1. The van der Waals surface area contributed by atoms with Gasteiger partial charge < -0.3 is 0 Å². The summed E-state index contributed by atoms with van der Waals surface area (Å²) in [5.41, 5.74) is 3.37. The monoisotopic (exact) mass is 216 g/mol. The fraction of sp³-hybridized carbons (Fsp3) is 0.556. The number of hydrogen-bond acceptors (Lipinski definition) is 3. The van der Waals surface area contributed by atoms with Gasteiger partial charge in [0.2, 0.25) is 0 Å². The summed E-state index contributed by atoms with van der Waals surface area (Å²) in [6.45, 7) is 3.17. The normalized spacial score (nSPS) is 19.2. The van der Waals surface area contributed by atoms with Crippen molar-refractivity contribution in [3.05, 3.63) is 21.3 Å². The molecule has 4 heteroatoms. The lowest BCUT2D eigenvalue weighted by Crippen LogP contribution is -2.42. The zero-order chi connectivity index (χ0) is 9.10. The van der Waals surface area contributed by atoms with Crippen LogP contribution in [0.1, 0.15) is 17.7 Å². The van der Waals surface area contributed by atoms with Gasteiger partial charge >= 0.3 is 0 Å². The first-order valence-corrected chi connectivity index (χ1v) is 5.82. The SMILES string of the molecule is Clc1ccsc1CN1CCCCN1. The Hall–Kier alpha value is -0.0900. The maximum absolute atomic E-state index is 6.01. The molecular weight excluding hydrogens is 204 g/mol. The first-order valence-electron chi connectivity index (χ1n) is 4.56. The van der Waals surface area contributed by atoms with Crippen LogP contribution in [0.15, 0.2) is 11.4 Å². The Bertz CT molecular complexity index is 268. The van der Waals surface area contributed by atoms with E-state index in [0.717, 1.165) is 24.7 Å². The van der Waals surface area contributed by atoms with Gasteiger partial charge in [-0.05, 0) is 24.3 Å². The Balaban J connectivity index is 1.93. The van der Waals surface area contributed by atoms with Crippen molar-refractivity contribution in [2.45, 2.75) is 19.4 Å². The third-order valence-electron chi connectivity index (χ3n) is 2.22. The maximum Gasteiger partial charge on any atom is 0.0558 e. The summed E-state index contributed by atoms with van der Waals surface area (Å²) in [5.74, 6) is 0. The van der Waals surface area contributed by atoms with E-state index in [9.17, 15) is 0 Å². The third kappa shape index (κ3) is 2.44. The molecule has 0 bridgehead atoms. The second-order valence-electron chi connectivity index (χ2n) is 3.23. The topological polar surface area (TPSA) is 15.3 Å². The van der Waals surface area contributed by atoms with E-state index in [1.807, 2.05) is 11.4 Å². The second-order valence-corrected chi connectivity index (χ2v) is 4.64. The predicted octanol–water partition coefficient (Wildman–Crippen LogP) is 2.50. The van der Waals surface area contributed by atoms with Crippen LogP contribution >= 0.6 is 22.9 Å². The van der Waals surface area contributed by atoms with Gasteiger partial charge in [-0.1, -0.05) is 11.6 Å². The van der Waals surface area contributed by atoms with Crippen LogP contribution in [0.5, 0.6) is 0 Å². The molecule has 1 aromatic heterocycles. The fourth-order valence-corrected chi connectivity index (χ4v) is 2.60. The van der Waals surface area contributed by atoms with E-state index in [1.54, 1.807) is 11.3 Å². The van der Waals surface area contributed by atoms with Gasteiger partial charge in [-0.25, -0.2) is 5.01 Å². The molecule has 1 aliphatic rings. The molecule has 2 nitrogen and oxygen atoms in total. The lowest BCUT2D eigenvalue weighted by molar-refractivity contribution is 0.146. The first-order chi connectivity index (χ1) is 6.36. The standard InChI is InChI=1S/C9H13ClN2S/c10-8-3-6-13-9(8)7-12-5-2-1-4-11-12/h3,6,11H,1-2,4-5,7H2. The minimum atomic E-state index is 0.900. The minimum absolute atomic E-state index is 0.900. The van der Waals surface area contributed by atoms with Crippen LogP contribution in [0.2, 0.25) is 5.02 Å². The smallest absolute Gasteiger partial charge is 0.0558 e. The molecular formula is C9H13ClN2S. The fourth-order valence-electron chi connectivity index (χ4n) is 1.49. The van der Waals surface area contributed by atoms with Crippen molar-refractivity contribution < 1.29 is 0 Å². The highest BCUT2D eigenvalue weighted by Gasteiger charge is 2.11. The summed E-state index contributed by atoms with van der Waals surface area (Å²) >= 11 is 7.74. The highest BCUT2D eigenvalue weighted by atomic mass is 35.5. The van der Waals surface area contributed by atoms with Crippen LogP contribution < -0.4 is 5.43 Å². The van der Waals surface area contributed by atoms with Gasteiger partial charge in [0.05, 0.1) is 5.02 Å². The molecule has 1 N–H and O–H groups in total. The van der Waals surface area contributed by atoms with Crippen molar-refractivity contribution in [1.29, 1.82) is 0 Å². The van der Waals surface area contributed by atoms with E-state index < -0.39 is 0 Å². The lowest BCUT2D eigenvalue weighted by atomic mass is 10.2. The van der Waals surface area contributed by atoms with Crippen molar-refractivity contribution in [2.24, 2.45) is 0 Å². The van der Waals surface area contributed by atoms with Crippen molar-refractivity contribution >= 4 is 22.9 Å². The Kier molecular flexibility index (Phi) is 3.22. The number of hydrogen-bond donors (Lipinski definition) is 1. The van der Waals surface area contributed by atoms with Crippen molar-refractivity contribution in [3.63, 3.8) is 0 Å². The minimum Gasteiger partial charge on any atom is -0.255 e. The summed E-state index contributed by atoms with van der Waals surface area (Å²) in [7, 11) is 0.